The molecule has 0 aromatic carbocycles. The Hall–Kier alpha value is -2.78. The van der Waals surface area contributed by atoms with Crippen LogP contribution >= 0.6 is 0 Å². The van der Waals surface area contributed by atoms with Crippen LogP contribution in [-0.4, -0.2) is 69.5 Å². The predicted octanol–water partition coefficient (Wildman–Crippen LogP) is 4.24. The van der Waals surface area contributed by atoms with E-state index in [1.807, 2.05) is 4.52 Å². The van der Waals surface area contributed by atoms with Crippen LogP contribution in [0.5, 0.6) is 0 Å². The average Bonchev–Trinajstić information content (AvgIpc) is 3.44. The molecule has 0 bridgehead atoms. The maximum Gasteiger partial charge on any atom is 0.158 e. The van der Waals surface area contributed by atoms with Gasteiger partial charge in [-0.25, -0.2) is 17.9 Å². The molecular weight excluding hydrogens is 460 g/mol. The molecule has 0 amide bonds. The Kier molecular flexibility index (Phi) is 6.17. The fourth-order valence-corrected chi connectivity index (χ4v) is 5.89. The molecule has 0 radical (unpaired) electrons. The maximum atomic E-state index is 11.5. The number of nitrogens with one attached hydrogen (secondary N) is 1. The molecule has 35 heavy (non-hydrogen) atoms. The van der Waals surface area contributed by atoms with Crippen molar-refractivity contribution in [3.8, 4) is 11.3 Å². The van der Waals surface area contributed by atoms with Crippen molar-refractivity contribution < 1.29 is 8.42 Å². The summed E-state index contributed by atoms with van der Waals surface area (Å²) < 4.78 is 24.9. The normalized spacial score (nSPS) is 16.2. The largest absolute Gasteiger partial charge is 0.353 e. The van der Waals surface area contributed by atoms with Crippen molar-refractivity contribution in [2.45, 2.75) is 52.4 Å². The number of aromatic nitrogens is 5. The number of H-pyrrole nitrogens is 1. The first kappa shape index (κ1) is 23.9. The molecule has 8 nitrogen and oxygen atoms in total. The Balaban J connectivity index is 1.48. The number of rotatable bonds is 6. The maximum absolute atomic E-state index is 11.5. The number of sulfone groups is 1. The van der Waals surface area contributed by atoms with E-state index in [-0.39, 0.29) is 5.75 Å². The van der Waals surface area contributed by atoms with Gasteiger partial charge in [0.25, 0.3) is 0 Å². The minimum absolute atomic E-state index is 0.227. The van der Waals surface area contributed by atoms with Crippen molar-refractivity contribution in [1.29, 1.82) is 0 Å². The first-order valence-electron chi connectivity index (χ1n) is 12.3. The van der Waals surface area contributed by atoms with E-state index in [1.165, 1.54) is 17.4 Å². The molecular formula is C26H34N6O2S. The fourth-order valence-electron chi connectivity index (χ4n) is 5.30. The van der Waals surface area contributed by atoms with E-state index in [2.05, 4.69) is 66.0 Å². The van der Waals surface area contributed by atoms with Gasteiger partial charge < -0.3 is 9.88 Å². The van der Waals surface area contributed by atoms with E-state index >= 15 is 0 Å². The lowest BCUT2D eigenvalue weighted by atomic mass is 9.92. The molecule has 1 saturated heterocycles. The first-order chi connectivity index (χ1) is 16.6. The molecule has 1 aliphatic rings. The van der Waals surface area contributed by atoms with Gasteiger partial charge in [0.2, 0.25) is 0 Å². The van der Waals surface area contributed by atoms with Crippen LogP contribution in [0.3, 0.4) is 0 Å². The summed E-state index contributed by atoms with van der Waals surface area (Å²) in [5.41, 5.74) is 9.90. The second kappa shape index (κ2) is 9.02. The second-order valence-corrected chi connectivity index (χ2v) is 12.5. The number of piperidine rings is 1. The Bertz CT molecular complexity index is 1490. The van der Waals surface area contributed by atoms with Gasteiger partial charge in [0.15, 0.2) is 5.65 Å². The van der Waals surface area contributed by atoms with Gasteiger partial charge in [0, 0.05) is 41.7 Å². The van der Waals surface area contributed by atoms with Crippen LogP contribution in [0.2, 0.25) is 0 Å². The van der Waals surface area contributed by atoms with Gasteiger partial charge in [0.05, 0.1) is 22.5 Å². The van der Waals surface area contributed by atoms with Crippen LogP contribution in [0.4, 0.5) is 0 Å². The Morgan fingerprint density at radius 2 is 1.89 bits per heavy atom. The number of pyridine rings is 2. The number of nitrogens with zero attached hydrogens (tertiary/aromatic N) is 5. The van der Waals surface area contributed by atoms with Crippen molar-refractivity contribution in [2.24, 2.45) is 0 Å². The lowest BCUT2D eigenvalue weighted by molar-refractivity contribution is 0.222. The molecule has 0 unspecified atom stereocenters. The van der Waals surface area contributed by atoms with E-state index in [0.29, 0.717) is 18.4 Å². The molecule has 0 spiro atoms. The number of hydrogen-bond donors (Lipinski definition) is 1. The van der Waals surface area contributed by atoms with Crippen molar-refractivity contribution in [3.63, 3.8) is 0 Å². The monoisotopic (exact) mass is 494 g/mol. The minimum Gasteiger partial charge on any atom is -0.353 e. The molecule has 1 aliphatic heterocycles. The van der Waals surface area contributed by atoms with Crippen LogP contribution in [0, 0.1) is 13.8 Å². The standard InChI is InChI=1S/C26H34N6O2S/c1-16(2)23-24(20-14-32-26(27-15-28-32)18(4)17(20)3)30-22-7-6-21(29-25(22)23)19-8-10-31(11-9-19)12-13-35(5,33)34/h6-7,14-16,19,30H,8-13H2,1-5H3. The van der Waals surface area contributed by atoms with E-state index < -0.39 is 9.84 Å². The van der Waals surface area contributed by atoms with Gasteiger partial charge in [-0.1, -0.05) is 13.8 Å². The van der Waals surface area contributed by atoms with E-state index in [9.17, 15) is 8.42 Å². The van der Waals surface area contributed by atoms with Gasteiger partial charge in [-0.2, -0.15) is 5.10 Å². The topological polar surface area (TPSA) is 96.2 Å². The number of fused-ring (bicyclic) bond motifs is 2. The van der Waals surface area contributed by atoms with Crippen LogP contribution in [0.1, 0.15) is 60.9 Å². The number of aromatic amines is 1. The summed E-state index contributed by atoms with van der Waals surface area (Å²) in [4.78, 5) is 15.5. The number of aryl methyl sites for hydroxylation is 1. The molecule has 4 aromatic rings. The highest BCUT2D eigenvalue weighted by atomic mass is 32.2. The molecule has 5 heterocycles. The summed E-state index contributed by atoms with van der Waals surface area (Å²) in [5.74, 6) is 0.915. The number of hydrogen-bond acceptors (Lipinski definition) is 6. The van der Waals surface area contributed by atoms with E-state index in [1.54, 1.807) is 6.33 Å². The molecule has 1 N–H and O–H groups in total. The third-order valence-corrected chi connectivity index (χ3v) is 8.38. The molecule has 9 heteroatoms. The number of likely N-dealkylation sites (tertiary alicyclic amines) is 1. The Labute approximate surface area is 206 Å². The SMILES string of the molecule is Cc1c(-c2[nH]c3ccc(C4CCN(CCS(C)(=O)=O)CC4)nc3c2C(C)C)cn2ncnc2c1C. The highest BCUT2D eigenvalue weighted by molar-refractivity contribution is 7.90. The van der Waals surface area contributed by atoms with Crippen molar-refractivity contribution in [2.75, 3.05) is 31.6 Å². The summed E-state index contributed by atoms with van der Waals surface area (Å²) in [5, 5.41) is 4.38. The van der Waals surface area contributed by atoms with Gasteiger partial charge in [-0.3, -0.25) is 4.98 Å². The van der Waals surface area contributed by atoms with Crippen molar-refractivity contribution in [1.82, 2.24) is 29.5 Å². The van der Waals surface area contributed by atoms with Gasteiger partial charge in [-0.05, 0) is 69.0 Å². The average molecular weight is 495 g/mol. The van der Waals surface area contributed by atoms with Crippen molar-refractivity contribution >= 4 is 26.5 Å². The Morgan fingerprint density at radius 3 is 2.57 bits per heavy atom. The van der Waals surface area contributed by atoms with Crippen LogP contribution in [0.25, 0.3) is 27.9 Å². The third-order valence-electron chi connectivity index (χ3n) is 7.46. The molecule has 0 aliphatic carbocycles. The molecule has 4 aromatic heterocycles. The summed E-state index contributed by atoms with van der Waals surface area (Å²) in [6.45, 7) is 11.1. The molecule has 5 rings (SSSR count). The molecule has 1 fully saturated rings. The van der Waals surface area contributed by atoms with Crippen molar-refractivity contribution in [3.05, 3.63) is 47.0 Å². The molecule has 0 saturated carbocycles. The van der Waals surface area contributed by atoms with Gasteiger partial charge in [-0.15, -0.1) is 0 Å². The highest BCUT2D eigenvalue weighted by Gasteiger charge is 2.25. The van der Waals surface area contributed by atoms with Crippen LogP contribution < -0.4 is 0 Å². The van der Waals surface area contributed by atoms with Gasteiger partial charge in [0.1, 0.15) is 16.2 Å². The van der Waals surface area contributed by atoms with Crippen LogP contribution in [0.15, 0.2) is 24.7 Å². The third kappa shape index (κ3) is 4.59. The van der Waals surface area contributed by atoms with Gasteiger partial charge >= 0.3 is 0 Å². The van der Waals surface area contributed by atoms with E-state index in [4.69, 9.17) is 4.98 Å². The van der Waals surface area contributed by atoms with E-state index in [0.717, 1.165) is 65.1 Å². The molecule has 186 valence electrons. The first-order valence-corrected chi connectivity index (χ1v) is 14.4. The lowest BCUT2D eigenvalue weighted by Gasteiger charge is -2.31. The summed E-state index contributed by atoms with van der Waals surface area (Å²) in [6, 6.07) is 4.32. The summed E-state index contributed by atoms with van der Waals surface area (Å²) >= 11 is 0. The summed E-state index contributed by atoms with van der Waals surface area (Å²) in [6.07, 6.45) is 6.97. The lowest BCUT2D eigenvalue weighted by Crippen LogP contribution is -2.36. The predicted molar refractivity (Wildman–Crippen MR) is 140 cm³/mol. The zero-order valence-corrected chi connectivity index (χ0v) is 22.0. The smallest absolute Gasteiger partial charge is 0.158 e. The highest BCUT2D eigenvalue weighted by Crippen LogP contribution is 2.38. The second-order valence-electron chi connectivity index (χ2n) is 10.3. The summed E-state index contributed by atoms with van der Waals surface area (Å²) in [7, 11) is -2.93. The Morgan fingerprint density at radius 1 is 1.14 bits per heavy atom. The zero-order valence-electron chi connectivity index (χ0n) is 21.2. The zero-order chi connectivity index (χ0) is 24.9. The molecule has 0 atom stereocenters. The fraction of sp³-hybridized carbons (Fsp3) is 0.500. The van der Waals surface area contributed by atoms with Crippen LogP contribution in [-0.2, 0) is 9.84 Å². The quantitative estimate of drug-likeness (QED) is 0.431. The minimum atomic E-state index is -2.93.